The zero-order valence-corrected chi connectivity index (χ0v) is 10.2. The molecule has 0 aromatic rings. The third kappa shape index (κ3) is 9.97. The topological polar surface area (TPSA) is 47.6 Å². The Labute approximate surface area is 96.3 Å². The van der Waals surface area contributed by atoms with Crippen molar-refractivity contribution < 1.29 is 14.3 Å². The molecular weight excluding hydrogens is 218 g/mol. The minimum atomic E-state index is -0.0903. The second-order valence-corrected chi connectivity index (χ2v) is 3.81. The molecule has 0 fully saturated rings. The average molecular weight is 238 g/mol. The Kier molecular flexibility index (Phi) is 9.99. The van der Waals surface area contributed by atoms with Gasteiger partial charge in [0.2, 0.25) is 5.91 Å². The number of ether oxygens (including phenoxy) is 2. The first kappa shape index (κ1) is 14.7. The molecule has 1 amide bonds. The third-order valence-corrected chi connectivity index (χ3v) is 2.13. The van der Waals surface area contributed by atoms with E-state index in [2.05, 4.69) is 12.2 Å². The van der Waals surface area contributed by atoms with Crippen LogP contribution in [0, 0.1) is 5.92 Å². The SMILES string of the molecule is COCCOCC(=O)NCC(C)CCCl. The predicted molar refractivity (Wildman–Crippen MR) is 60.2 cm³/mol. The van der Waals surface area contributed by atoms with Gasteiger partial charge in [0, 0.05) is 19.5 Å². The molecule has 0 radical (unpaired) electrons. The lowest BCUT2D eigenvalue weighted by Gasteiger charge is -2.10. The maximum Gasteiger partial charge on any atom is 0.246 e. The summed E-state index contributed by atoms with van der Waals surface area (Å²) >= 11 is 5.58. The highest BCUT2D eigenvalue weighted by Crippen LogP contribution is 2.00. The molecule has 0 spiro atoms. The molecule has 0 aliphatic heterocycles. The summed E-state index contributed by atoms with van der Waals surface area (Å²) in [5.74, 6) is 0.944. The van der Waals surface area contributed by atoms with E-state index in [1.165, 1.54) is 0 Å². The Hall–Kier alpha value is -0.320. The van der Waals surface area contributed by atoms with Gasteiger partial charge in [-0.05, 0) is 12.3 Å². The summed E-state index contributed by atoms with van der Waals surface area (Å²) in [7, 11) is 1.59. The van der Waals surface area contributed by atoms with Crippen LogP contribution in [0.5, 0.6) is 0 Å². The van der Waals surface area contributed by atoms with Crippen LogP contribution in [0.1, 0.15) is 13.3 Å². The van der Waals surface area contributed by atoms with Crippen molar-refractivity contribution in [3.8, 4) is 0 Å². The van der Waals surface area contributed by atoms with Crippen molar-refractivity contribution >= 4 is 17.5 Å². The second kappa shape index (κ2) is 10.2. The fourth-order valence-electron chi connectivity index (χ4n) is 0.935. The highest BCUT2D eigenvalue weighted by atomic mass is 35.5. The van der Waals surface area contributed by atoms with E-state index >= 15 is 0 Å². The van der Waals surface area contributed by atoms with Crippen LogP contribution in [0.3, 0.4) is 0 Å². The lowest BCUT2D eigenvalue weighted by atomic mass is 10.1. The Morgan fingerprint density at radius 3 is 2.80 bits per heavy atom. The van der Waals surface area contributed by atoms with Crippen molar-refractivity contribution in [2.75, 3.05) is 39.4 Å². The van der Waals surface area contributed by atoms with Gasteiger partial charge in [0.25, 0.3) is 0 Å². The highest BCUT2D eigenvalue weighted by Gasteiger charge is 2.04. The van der Waals surface area contributed by atoms with Gasteiger partial charge in [-0.2, -0.15) is 0 Å². The van der Waals surface area contributed by atoms with Crippen LogP contribution < -0.4 is 5.32 Å². The average Bonchev–Trinajstić information content (AvgIpc) is 2.22. The van der Waals surface area contributed by atoms with Crippen molar-refractivity contribution in [1.82, 2.24) is 5.32 Å². The molecular formula is C10H20ClNO3. The predicted octanol–water partition coefficient (Wildman–Crippen LogP) is 1.03. The van der Waals surface area contributed by atoms with Gasteiger partial charge in [0.1, 0.15) is 6.61 Å². The van der Waals surface area contributed by atoms with Crippen molar-refractivity contribution in [2.24, 2.45) is 5.92 Å². The third-order valence-electron chi connectivity index (χ3n) is 1.91. The summed E-state index contributed by atoms with van der Waals surface area (Å²) in [5.41, 5.74) is 0. The zero-order valence-electron chi connectivity index (χ0n) is 9.42. The maximum absolute atomic E-state index is 11.2. The number of amides is 1. The van der Waals surface area contributed by atoms with Gasteiger partial charge < -0.3 is 14.8 Å². The van der Waals surface area contributed by atoms with Crippen LogP contribution in [0.25, 0.3) is 0 Å². The summed E-state index contributed by atoms with van der Waals surface area (Å²) in [6.07, 6.45) is 0.909. The number of methoxy groups -OCH3 is 1. The van der Waals surface area contributed by atoms with Crippen LogP contribution >= 0.6 is 11.6 Å². The molecule has 0 bridgehead atoms. The Bertz CT molecular complexity index is 167. The standard InChI is InChI=1S/C10H20ClNO3/c1-9(3-4-11)7-12-10(13)8-15-6-5-14-2/h9H,3-8H2,1-2H3,(H,12,13). The smallest absolute Gasteiger partial charge is 0.246 e. The summed E-state index contributed by atoms with van der Waals surface area (Å²) in [6.45, 7) is 3.75. The van der Waals surface area contributed by atoms with Gasteiger partial charge in [-0.15, -0.1) is 11.6 Å². The number of hydrogen-bond acceptors (Lipinski definition) is 3. The molecule has 0 rings (SSSR count). The van der Waals surface area contributed by atoms with Crippen LogP contribution in [-0.2, 0) is 14.3 Å². The lowest BCUT2D eigenvalue weighted by Crippen LogP contribution is -2.31. The van der Waals surface area contributed by atoms with E-state index in [1.54, 1.807) is 7.11 Å². The molecule has 0 aliphatic carbocycles. The minimum Gasteiger partial charge on any atom is -0.382 e. The normalized spacial score (nSPS) is 12.5. The number of carbonyl (C=O) groups excluding carboxylic acids is 1. The first-order valence-corrected chi connectivity index (χ1v) is 5.63. The Balaban J connectivity index is 3.32. The largest absolute Gasteiger partial charge is 0.382 e. The molecule has 5 heteroatoms. The van der Waals surface area contributed by atoms with Crippen molar-refractivity contribution in [1.29, 1.82) is 0 Å². The van der Waals surface area contributed by atoms with Crippen LogP contribution in [0.15, 0.2) is 0 Å². The number of halogens is 1. The van der Waals surface area contributed by atoms with Crippen molar-refractivity contribution in [2.45, 2.75) is 13.3 Å². The van der Waals surface area contributed by atoms with Crippen molar-refractivity contribution in [3.63, 3.8) is 0 Å². The second-order valence-electron chi connectivity index (χ2n) is 3.43. The van der Waals surface area contributed by atoms with Crippen molar-refractivity contribution in [3.05, 3.63) is 0 Å². The van der Waals surface area contributed by atoms with E-state index < -0.39 is 0 Å². The Morgan fingerprint density at radius 1 is 1.47 bits per heavy atom. The summed E-state index contributed by atoms with van der Waals surface area (Å²) in [4.78, 5) is 11.2. The van der Waals surface area contributed by atoms with E-state index in [9.17, 15) is 4.79 Å². The van der Waals surface area contributed by atoms with E-state index in [1.807, 2.05) is 0 Å². The number of rotatable bonds is 9. The van der Waals surface area contributed by atoms with Gasteiger partial charge in [-0.3, -0.25) is 4.79 Å². The molecule has 15 heavy (non-hydrogen) atoms. The molecule has 0 saturated heterocycles. The highest BCUT2D eigenvalue weighted by molar-refractivity contribution is 6.17. The zero-order chi connectivity index (χ0) is 11.5. The van der Waals surface area contributed by atoms with Gasteiger partial charge in [0.05, 0.1) is 13.2 Å². The molecule has 0 saturated carbocycles. The quantitative estimate of drug-likeness (QED) is 0.481. The molecule has 1 atom stereocenters. The maximum atomic E-state index is 11.2. The van der Waals surface area contributed by atoms with Gasteiger partial charge in [-0.1, -0.05) is 6.92 Å². The number of carbonyl (C=O) groups is 1. The summed E-state index contributed by atoms with van der Waals surface area (Å²) in [6, 6.07) is 0. The first-order chi connectivity index (χ1) is 7.20. The fourth-order valence-corrected chi connectivity index (χ4v) is 1.31. The van der Waals surface area contributed by atoms with Gasteiger partial charge in [-0.25, -0.2) is 0 Å². The molecule has 0 aromatic carbocycles. The fraction of sp³-hybridized carbons (Fsp3) is 0.900. The summed E-state index contributed by atoms with van der Waals surface area (Å²) < 4.78 is 9.85. The van der Waals surface area contributed by atoms with E-state index in [0.29, 0.717) is 31.6 Å². The van der Waals surface area contributed by atoms with E-state index in [0.717, 1.165) is 6.42 Å². The molecule has 1 unspecified atom stereocenters. The number of hydrogen-bond donors (Lipinski definition) is 1. The van der Waals surface area contributed by atoms with Crippen LogP contribution in [0.4, 0.5) is 0 Å². The van der Waals surface area contributed by atoms with Crippen LogP contribution in [-0.4, -0.2) is 45.3 Å². The first-order valence-electron chi connectivity index (χ1n) is 5.10. The number of nitrogens with one attached hydrogen (secondary N) is 1. The van der Waals surface area contributed by atoms with E-state index in [-0.39, 0.29) is 12.5 Å². The minimum absolute atomic E-state index is 0.0903. The van der Waals surface area contributed by atoms with Crippen LogP contribution in [0.2, 0.25) is 0 Å². The molecule has 0 aliphatic rings. The molecule has 0 aromatic heterocycles. The number of alkyl halides is 1. The van der Waals surface area contributed by atoms with E-state index in [4.69, 9.17) is 21.1 Å². The monoisotopic (exact) mass is 237 g/mol. The molecule has 1 N–H and O–H groups in total. The lowest BCUT2D eigenvalue weighted by molar-refractivity contribution is -0.126. The van der Waals surface area contributed by atoms with Gasteiger partial charge >= 0.3 is 0 Å². The van der Waals surface area contributed by atoms with Gasteiger partial charge in [0.15, 0.2) is 0 Å². The molecule has 90 valence electrons. The molecule has 4 nitrogen and oxygen atoms in total. The molecule has 0 heterocycles. The summed E-state index contributed by atoms with van der Waals surface area (Å²) in [5, 5.41) is 2.78. The Morgan fingerprint density at radius 2 is 2.20 bits per heavy atom.